The fourth-order valence-electron chi connectivity index (χ4n) is 2.24. The number of rotatable bonds is 9. The van der Waals surface area contributed by atoms with Crippen molar-refractivity contribution in [3.63, 3.8) is 0 Å². The van der Waals surface area contributed by atoms with Crippen molar-refractivity contribution in [3.8, 4) is 0 Å². The molecule has 2 aromatic rings. The molecule has 0 saturated carbocycles. The lowest BCUT2D eigenvalue weighted by molar-refractivity contribution is -0.116. The molecule has 1 N–H and O–H groups in total. The van der Waals surface area contributed by atoms with Gasteiger partial charge in [0.25, 0.3) is 0 Å². The number of aryl methyl sites for hydroxylation is 1. The summed E-state index contributed by atoms with van der Waals surface area (Å²) in [6.07, 6.45) is 2.47. The van der Waals surface area contributed by atoms with Crippen LogP contribution in [0.4, 0.5) is 10.1 Å². The molecule has 0 aliphatic rings. The number of para-hydroxylation sites is 1. The summed E-state index contributed by atoms with van der Waals surface area (Å²) < 4.78 is 20.7. The van der Waals surface area contributed by atoms with E-state index >= 15 is 0 Å². The number of carbonyl (C=O) groups excluding carboxylic acids is 1. The van der Waals surface area contributed by atoms with Crippen molar-refractivity contribution < 1.29 is 13.9 Å². The highest BCUT2D eigenvalue weighted by molar-refractivity contribution is 8.00. The number of methoxy groups -OCH3 is 1. The minimum Gasteiger partial charge on any atom is -0.385 e. The summed E-state index contributed by atoms with van der Waals surface area (Å²) in [5.41, 5.74) is 0.181. The Balaban J connectivity index is 2.07. The number of nitrogens with one attached hydrogen (secondary N) is 1. The van der Waals surface area contributed by atoms with Crippen molar-refractivity contribution >= 4 is 23.4 Å². The number of amides is 1. The summed E-state index contributed by atoms with van der Waals surface area (Å²) in [4.78, 5) is 12.6. The Morgan fingerprint density at radius 2 is 2.16 bits per heavy atom. The number of carbonyl (C=O) groups is 1. The highest BCUT2D eigenvalue weighted by Gasteiger charge is 2.26. The molecule has 1 aromatic carbocycles. The molecule has 0 saturated heterocycles. The maximum Gasteiger partial charge on any atom is 0.238 e. The zero-order chi connectivity index (χ0) is 18.2. The van der Waals surface area contributed by atoms with Gasteiger partial charge in [0, 0.05) is 20.3 Å². The monoisotopic (exact) mass is 366 g/mol. The van der Waals surface area contributed by atoms with Crippen molar-refractivity contribution in [2.24, 2.45) is 5.92 Å². The van der Waals surface area contributed by atoms with E-state index in [0.717, 1.165) is 6.42 Å². The molecule has 0 aliphatic heterocycles. The fourth-order valence-corrected chi connectivity index (χ4v) is 3.27. The summed E-state index contributed by atoms with van der Waals surface area (Å²) in [6, 6.07) is 6.13. The molecule has 0 aliphatic carbocycles. The fraction of sp³-hybridized carbons (Fsp3) is 0.471. The maximum atomic E-state index is 13.8. The SMILES string of the molecule is COCCCn1cnnc1SC(C(=O)Nc1ccccc1F)C(C)C. The smallest absolute Gasteiger partial charge is 0.238 e. The van der Waals surface area contributed by atoms with Gasteiger partial charge in [-0.1, -0.05) is 37.7 Å². The summed E-state index contributed by atoms with van der Waals surface area (Å²) in [7, 11) is 1.66. The average molecular weight is 366 g/mol. The Bertz CT molecular complexity index is 693. The minimum atomic E-state index is -0.453. The molecule has 1 heterocycles. The van der Waals surface area contributed by atoms with Crippen molar-refractivity contribution in [2.45, 2.75) is 37.2 Å². The summed E-state index contributed by atoms with van der Waals surface area (Å²) in [5, 5.41) is 11.0. The van der Waals surface area contributed by atoms with E-state index in [2.05, 4.69) is 15.5 Å². The molecule has 2 rings (SSSR count). The van der Waals surface area contributed by atoms with Crippen LogP contribution in [0.15, 0.2) is 35.7 Å². The first-order valence-corrected chi connectivity index (χ1v) is 8.99. The molecule has 1 unspecified atom stereocenters. The molecule has 0 bridgehead atoms. The highest BCUT2D eigenvalue weighted by atomic mass is 32.2. The van der Waals surface area contributed by atoms with Crippen LogP contribution in [0.3, 0.4) is 0 Å². The van der Waals surface area contributed by atoms with Gasteiger partial charge >= 0.3 is 0 Å². The van der Waals surface area contributed by atoms with Gasteiger partial charge in [-0.25, -0.2) is 4.39 Å². The minimum absolute atomic E-state index is 0.0425. The number of hydrogen-bond donors (Lipinski definition) is 1. The first-order chi connectivity index (χ1) is 12.0. The number of benzene rings is 1. The first kappa shape index (κ1) is 19.4. The second-order valence-electron chi connectivity index (χ2n) is 5.90. The van der Waals surface area contributed by atoms with Crippen molar-refractivity contribution in [3.05, 3.63) is 36.4 Å². The van der Waals surface area contributed by atoms with Crippen LogP contribution in [0.2, 0.25) is 0 Å². The molecule has 1 atom stereocenters. The third-order valence-electron chi connectivity index (χ3n) is 3.56. The number of hydrogen-bond acceptors (Lipinski definition) is 5. The molecular formula is C17H23FN4O2S. The van der Waals surface area contributed by atoms with Crippen LogP contribution in [0, 0.1) is 11.7 Å². The van der Waals surface area contributed by atoms with Gasteiger partial charge in [0.15, 0.2) is 5.16 Å². The van der Waals surface area contributed by atoms with E-state index in [1.165, 1.54) is 17.8 Å². The Hall–Kier alpha value is -1.93. The van der Waals surface area contributed by atoms with Gasteiger partial charge in [0.05, 0.1) is 10.9 Å². The molecule has 136 valence electrons. The van der Waals surface area contributed by atoms with Crippen LogP contribution in [-0.2, 0) is 16.1 Å². The molecule has 6 nitrogen and oxygen atoms in total. The highest BCUT2D eigenvalue weighted by Crippen LogP contribution is 2.28. The van der Waals surface area contributed by atoms with Gasteiger partial charge in [-0.3, -0.25) is 4.79 Å². The number of nitrogens with zero attached hydrogens (tertiary/aromatic N) is 3. The topological polar surface area (TPSA) is 69.0 Å². The number of anilines is 1. The van der Waals surface area contributed by atoms with E-state index < -0.39 is 11.1 Å². The Kier molecular flexibility index (Phi) is 7.39. The lowest BCUT2D eigenvalue weighted by Gasteiger charge is -2.19. The van der Waals surface area contributed by atoms with Crippen LogP contribution < -0.4 is 5.32 Å². The quantitative estimate of drug-likeness (QED) is 0.545. The van der Waals surface area contributed by atoms with E-state index in [1.807, 2.05) is 18.4 Å². The second-order valence-corrected chi connectivity index (χ2v) is 7.01. The average Bonchev–Trinajstić information content (AvgIpc) is 3.02. The van der Waals surface area contributed by atoms with Crippen LogP contribution >= 0.6 is 11.8 Å². The zero-order valence-electron chi connectivity index (χ0n) is 14.6. The van der Waals surface area contributed by atoms with E-state index in [-0.39, 0.29) is 17.5 Å². The van der Waals surface area contributed by atoms with Gasteiger partial charge in [-0.05, 0) is 24.5 Å². The molecule has 25 heavy (non-hydrogen) atoms. The van der Waals surface area contributed by atoms with Crippen LogP contribution in [0.25, 0.3) is 0 Å². The summed E-state index contributed by atoms with van der Waals surface area (Å²) in [6.45, 7) is 5.25. The molecule has 0 spiro atoms. The number of ether oxygens (including phenoxy) is 1. The lowest BCUT2D eigenvalue weighted by atomic mass is 10.1. The molecule has 1 amide bonds. The number of thioether (sulfide) groups is 1. The predicted octanol–water partition coefficient (Wildman–Crippen LogP) is 3.21. The number of halogens is 1. The normalized spacial score (nSPS) is 12.4. The number of aromatic nitrogens is 3. The molecule has 8 heteroatoms. The standard InChI is InChI=1S/C17H23FN4O2S/c1-12(2)15(16(23)20-14-8-5-4-7-13(14)18)25-17-21-19-11-22(17)9-6-10-24-3/h4-5,7-8,11-12,15H,6,9-10H2,1-3H3,(H,20,23). The molecule has 0 fully saturated rings. The Morgan fingerprint density at radius 1 is 1.40 bits per heavy atom. The second kappa shape index (κ2) is 9.53. The lowest BCUT2D eigenvalue weighted by Crippen LogP contribution is -2.30. The van der Waals surface area contributed by atoms with Gasteiger partial charge in [0.2, 0.25) is 5.91 Å². The summed E-state index contributed by atoms with van der Waals surface area (Å²) in [5.74, 6) is -0.663. The van der Waals surface area contributed by atoms with Crippen LogP contribution in [-0.4, -0.2) is 39.6 Å². The van der Waals surface area contributed by atoms with Gasteiger partial charge in [-0.15, -0.1) is 10.2 Å². The zero-order valence-corrected chi connectivity index (χ0v) is 15.4. The molecular weight excluding hydrogens is 343 g/mol. The van der Waals surface area contributed by atoms with Gasteiger partial charge < -0.3 is 14.6 Å². The third kappa shape index (κ3) is 5.54. The molecule has 0 radical (unpaired) electrons. The Morgan fingerprint density at radius 3 is 2.84 bits per heavy atom. The van der Waals surface area contributed by atoms with Crippen LogP contribution in [0.1, 0.15) is 20.3 Å². The van der Waals surface area contributed by atoms with Crippen molar-refractivity contribution in [1.82, 2.24) is 14.8 Å². The maximum absolute atomic E-state index is 13.8. The van der Waals surface area contributed by atoms with E-state index in [1.54, 1.807) is 31.6 Å². The molecule has 1 aromatic heterocycles. The summed E-state index contributed by atoms with van der Waals surface area (Å²) >= 11 is 1.34. The predicted molar refractivity (Wildman–Crippen MR) is 96.0 cm³/mol. The van der Waals surface area contributed by atoms with Gasteiger partial charge in [-0.2, -0.15) is 0 Å². The van der Waals surface area contributed by atoms with E-state index in [4.69, 9.17) is 4.74 Å². The Labute approximate surface area is 151 Å². The van der Waals surface area contributed by atoms with Crippen LogP contribution in [0.5, 0.6) is 0 Å². The largest absolute Gasteiger partial charge is 0.385 e. The van der Waals surface area contributed by atoms with E-state index in [9.17, 15) is 9.18 Å². The van der Waals surface area contributed by atoms with Crippen molar-refractivity contribution in [2.75, 3.05) is 19.0 Å². The third-order valence-corrected chi connectivity index (χ3v) is 5.09. The van der Waals surface area contributed by atoms with E-state index in [0.29, 0.717) is 18.3 Å². The van der Waals surface area contributed by atoms with Gasteiger partial charge in [0.1, 0.15) is 12.1 Å². The van der Waals surface area contributed by atoms with Crippen molar-refractivity contribution in [1.29, 1.82) is 0 Å². The first-order valence-electron chi connectivity index (χ1n) is 8.11.